The second-order valence-electron chi connectivity index (χ2n) is 6.95. The molecule has 0 bridgehead atoms. The third-order valence-corrected chi connectivity index (χ3v) is 5.56. The number of nitrogens with two attached hydrogens (primary N) is 1. The van der Waals surface area contributed by atoms with Gasteiger partial charge >= 0.3 is 0 Å². The SMILES string of the molecule is Cc1c(N)ccc2c1CC1(Cc3ccccc3)CCC(=O)C=C21. The number of allylic oxidation sites excluding steroid dienone is 2. The fourth-order valence-corrected chi connectivity index (χ4v) is 4.26. The van der Waals surface area contributed by atoms with Crippen molar-refractivity contribution < 1.29 is 4.79 Å². The van der Waals surface area contributed by atoms with Crippen molar-refractivity contribution in [3.63, 3.8) is 0 Å². The van der Waals surface area contributed by atoms with Crippen molar-refractivity contribution in [1.82, 2.24) is 0 Å². The van der Waals surface area contributed by atoms with Gasteiger partial charge in [-0.15, -0.1) is 0 Å². The summed E-state index contributed by atoms with van der Waals surface area (Å²) in [4.78, 5) is 12.1. The zero-order valence-corrected chi connectivity index (χ0v) is 13.4. The summed E-state index contributed by atoms with van der Waals surface area (Å²) in [5.41, 5.74) is 13.3. The molecule has 2 aliphatic carbocycles. The molecule has 0 radical (unpaired) electrons. The van der Waals surface area contributed by atoms with Gasteiger partial charge in [0.25, 0.3) is 0 Å². The Kier molecular flexibility index (Phi) is 3.15. The van der Waals surface area contributed by atoms with Crippen molar-refractivity contribution in [1.29, 1.82) is 0 Å². The summed E-state index contributed by atoms with van der Waals surface area (Å²) in [7, 11) is 0. The summed E-state index contributed by atoms with van der Waals surface area (Å²) in [6.45, 7) is 2.10. The minimum absolute atomic E-state index is 0.0517. The highest BCUT2D eigenvalue weighted by atomic mass is 16.1. The summed E-state index contributed by atoms with van der Waals surface area (Å²) in [6.07, 6.45) is 5.46. The maximum atomic E-state index is 12.1. The second-order valence-corrected chi connectivity index (χ2v) is 6.95. The number of carbonyl (C=O) groups is 1. The van der Waals surface area contributed by atoms with Gasteiger partial charge in [0.1, 0.15) is 0 Å². The monoisotopic (exact) mass is 303 g/mol. The number of carbonyl (C=O) groups excluding carboxylic acids is 1. The Morgan fingerprint density at radius 2 is 1.91 bits per heavy atom. The molecule has 0 aromatic heterocycles. The maximum absolute atomic E-state index is 12.1. The van der Waals surface area contributed by atoms with E-state index in [9.17, 15) is 4.79 Å². The van der Waals surface area contributed by atoms with E-state index in [-0.39, 0.29) is 11.2 Å². The van der Waals surface area contributed by atoms with Crippen LogP contribution in [0.1, 0.15) is 35.1 Å². The number of fused-ring (bicyclic) bond motifs is 3. The van der Waals surface area contributed by atoms with Gasteiger partial charge in [0.2, 0.25) is 0 Å². The molecule has 0 heterocycles. The third-order valence-electron chi connectivity index (χ3n) is 5.56. The zero-order valence-electron chi connectivity index (χ0n) is 13.4. The first-order valence-electron chi connectivity index (χ1n) is 8.26. The molecular weight excluding hydrogens is 282 g/mol. The lowest BCUT2D eigenvalue weighted by Gasteiger charge is -2.34. The number of hydrogen-bond donors (Lipinski definition) is 1. The lowest BCUT2D eigenvalue weighted by molar-refractivity contribution is -0.115. The molecule has 0 fully saturated rings. The zero-order chi connectivity index (χ0) is 16.0. The number of anilines is 1. The number of benzene rings is 2. The Hall–Kier alpha value is -2.35. The molecule has 116 valence electrons. The van der Waals surface area contributed by atoms with Gasteiger partial charge in [-0.1, -0.05) is 36.4 Å². The molecule has 2 nitrogen and oxygen atoms in total. The van der Waals surface area contributed by atoms with Crippen LogP contribution in [0, 0.1) is 12.3 Å². The molecule has 2 N–H and O–H groups in total. The lowest BCUT2D eigenvalue weighted by atomic mass is 9.69. The topological polar surface area (TPSA) is 43.1 Å². The number of nitrogen functional groups attached to an aromatic ring is 1. The van der Waals surface area contributed by atoms with Gasteiger partial charge < -0.3 is 5.73 Å². The largest absolute Gasteiger partial charge is 0.399 e. The van der Waals surface area contributed by atoms with Crippen molar-refractivity contribution in [2.24, 2.45) is 5.41 Å². The molecule has 2 heteroatoms. The molecule has 23 heavy (non-hydrogen) atoms. The molecule has 0 spiro atoms. The summed E-state index contributed by atoms with van der Waals surface area (Å²) in [6, 6.07) is 14.7. The normalized spacial score (nSPS) is 22.5. The van der Waals surface area contributed by atoms with E-state index in [0.717, 1.165) is 24.9 Å². The lowest BCUT2D eigenvalue weighted by Crippen LogP contribution is -2.28. The molecule has 2 aromatic carbocycles. The van der Waals surface area contributed by atoms with Gasteiger partial charge in [-0.3, -0.25) is 4.79 Å². The quantitative estimate of drug-likeness (QED) is 0.848. The Morgan fingerprint density at radius 1 is 1.13 bits per heavy atom. The minimum Gasteiger partial charge on any atom is -0.399 e. The van der Waals surface area contributed by atoms with Gasteiger partial charge in [-0.05, 0) is 66.2 Å². The molecule has 0 saturated heterocycles. The second kappa shape index (κ2) is 5.09. The predicted octanol–water partition coefficient (Wildman–Crippen LogP) is 4.11. The first-order chi connectivity index (χ1) is 11.1. The van der Waals surface area contributed by atoms with Crippen LogP contribution in [0.4, 0.5) is 5.69 Å². The highest BCUT2D eigenvalue weighted by Crippen LogP contribution is 2.54. The van der Waals surface area contributed by atoms with Crippen LogP contribution < -0.4 is 5.73 Å². The van der Waals surface area contributed by atoms with Crippen LogP contribution >= 0.6 is 0 Å². The fraction of sp³-hybridized carbons (Fsp3) is 0.286. The Labute approximate surface area is 137 Å². The van der Waals surface area contributed by atoms with Crippen LogP contribution in [0.5, 0.6) is 0 Å². The predicted molar refractivity (Wildman–Crippen MR) is 94.1 cm³/mol. The van der Waals surface area contributed by atoms with Crippen LogP contribution in [-0.4, -0.2) is 5.78 Å². The molecule has 1 unspecified atom stereocenters. The molecule has 2 aliphatic rings. The van der Waals surface area contributed by atoms with Gasteiger partial charge in [0.15, 0.2) is 5.78 Å². The van der Waals surface area contributed by atoms with Crippen LogP contribution in [0.15, 0.2) is 48.5 Å². The fourth-order valence-electron chi connectivity index (χ4n) is 4.26. The van der Waals surface area contributed by atoms with E-state index in [1.54, 1.807) is 0 Å². The number of ketones is 1. The van der Waals surface area contributed by atoms with Crippen molar-refractivity contribution in [2.75, 3.05) is 5.73 Å². The molecule has 0 amide bonds. The third kappa shape index (κ3) is 2.21. The van der Waals surface area contributed by atoms with Gasteiger partial charge in [-0.25, -0.2) is 0 Å². The van der Waals surface area contributed by atoms with Crippen molar-refractivity contribution in [3.05, 3.63) is 70.8 Å². The highest BCUT2D eigenvalue weighted by Gasteiger charge is 2.44. The highest BCUT2D eigenvalue weighted by molar-refractivity contribution is 6.01. The average molecular weight is 303 g/mol. The summed E-state index contributed by atoms with van der Waals surface area (Å²) in [5.74, 6) is 0.256. The average Bonchev–Trinajstić information content (AvgIpc) is 2.87. The van der Waals surface area contributed by atoms with Crippen molar-refractivity contribution in [3.8, 4) is 0 Å². The van der Waals surface area contributed by atoms with Gasteiger partial charge in [0, 0.05) is 17.5 Å². The first-order valence-corrected chi connectivity index (χ1v) is 8.26. The van der Waals surface area contributed by atoms with E-state index >= 15 is 0 Å². The summed E-state index contributed by atoms with van der Waals surface area (Å²) in [5, 5.41) is 0. The summed E-state index contributed by atoms with van der Waals surface area (Å²) >= 11 is 0. The number of hydrogen-bond acceptors (Lipinski definition) is 2. The van der Waals surface area contributed by atoms with Gasteiger partial charge in [0.05, 0.1) is 0 Å². The number of rotatable bonds is 2. The van der Waals surface area contributed by atoms with E-state index < -0.39 is 0 Å². The van der Waals surface area contributed by atoms with E-state index in [2.05, 4.69) is 43.3 Å². The molecule has 0 saturated carbocycles. The van der Waals surface area contributed by atoms with Crippen LogP contribution in [0.3, 0.4) is 0 Å². The molecule has 1 atom stereocenters. The summed E-state index contributed by atoms with van der Waals surface area (Å²) < 4.78 is 0. The first kappa shape index (κ1) is 14.3. The molecule has 0 aliphatic heterocycles. The Morgan fingerprint density at radius 3 is 2.70 bits per heavy atom. The maximum Gasteiger partial charge on any atom is 0.156 e. The Bertz CT molecular complexity index is 819. The van der Waals surface area contributed by atoms with Crippen molar-refractivity contribution >= 4 is 17.0 Å². The standard InChI is InChI=1S/C21H21NO/c1-14-18-13-21(12-15-5-3-2-4-6-15)10-9-16(23)11-19(21)17(18)7-8-20(14)22/h2-8,11H,9-10,12-13,22H2,1H3. The van der Waals surface area contributed by atoms with E-state index in [1.165, 1.54) is 27.8 Å². The van der Waals surface area contributed by atoms with Crippen LogP contribution in [0.25, 0.3) is 5.57 Å². The van der Waals surface area contributed by atoms with Crippen molar-refractivity contribution in [2.45, 2.75) is 32.6 Å². The van der Waals surface area contributed by atoms with E-state index in [0.29, 0.717) is 6.42 Å². The van der Waals surface area contributed by atoms with E-state index in [4.69, 9.17) is 5.73 Å². The van der Waals surface area contributed by atoms with Crippen LogP contribution in [0.2, 0.25) is 0 Å². The minimum atomic E-state index is 0.0517. The molecule has 4 rings (SSSR count). The van der Waals surface area contributed by atoms with Gasteiger partial charge in [-0.2, -0.15) is 0 Å². The Balaban J connectivity index is 1.85. The molecule has 2 aromatic rings. The smallest absolute Gasteiger partial charge is 0.156 e. The molecular formula is C21H21NO. The van der Waals surface area contributed by atoms with Crippen LogP contribution in [-0.2, 0) is 17.6 Å². The van der Waals surface area contributed by atoms with E-state index in [1.807, 2.05) is 12.1 Å².